The number of ether oxygens (including phenoxy) is 1. The zero-order valence-corrected chi connectivity index (χ0v) is 12.6. The molecule has 0 spiro atoms. The van der Waals surface area contributed by atoms with Crippen LogP contribution < -0.4 is 5.32 Å². The van der Waals surface area contributed by atoms with Gasteiger partial charge in [-0.2, -0.15) is 0 Å². The minimum atomic E-state index is -0.249. The van der Waals surface area contributed by atoms with E-state index in [-0.39, 0.29) is 24.7 Å². The Labute approximate surface area is 132 Å². The topological polar surface area (TPSA) is 38.3 Å². The van der Waals surface area contributed by atoms with Gasteiger partial charge in [0.2, 0.25) is 5.91 Å². The van der Waals surface area contributed by atoms with Crippen LogP contribution in [0.4, 0.5) is 0 Å². The maximum Gasteiger partial charge on any atom is 0.246 e. The van der Waals surface area contributed by atoms with Crippen LogP contribution in [0.25, 0.3) is 0 Å². The Morgan fingerprint density at radius 2 is 1.43 bits per heavy atom. The number of benzene rings is 2. The Kier molecular flexibility index (Phi) is 4.15. The van der Waals surface area contributed by atoms with E-state index < -0.39 is 0 Å². The molecular weight excluding hydrogens is 309 g/mol. The highest BCUT2D eigenvalue weighted by atomic mass is 35.5. The van der Waals surface area contributed by atoms with Gasteiger partial charge in [0.15, 0.2) is 0 Å². The molecule has 0 saturated carbocycles. The summed E-state index contributed by atoms with van der Waals surface area (Å²) in [5.41, 5.74) is 1.92. The lowest BCUT2D eigenvalue weighted by Gasteiger charge is -2.33. The molecule has 1 fully saturated rings. The molecule has 0 bridgehead atoms. The number of hydrogen-bond acceptors (Lipinski definition) is 2. The van der Waals surface area contributed by atoms with Gasteiger partial charge in [0, 0.05) is 10.0 Å². The van der Waals surface area contributed by atoms with E-state index in [0.29, 0.717) is 10.0 Å². The Balaban J connectivity index is 1.94. The highest BCUT2D eigenvalue weighted by molar-refractivity contribution is 6.30. The van der Waals surface area contributed by atoms with E-state index in [9.17, 15) is 4.79 Å². The molecule has 5 heteroatoms. The van der Waals surface area contributed by atoms with Crippen LogP contribution in [-0.4, -0.2) is 12.5 Å². The van der Waals surface area contributed by atoms with E-state index >= 15 is 0 Å². The van der Waals surface area contributed by atoms with Gasteiger partial charge in [0.25, 0.3) is 0 Å². The molecule has 21 heavy (non-hydrogen) atoms. The Hall–Kier alpha value is -1.55. The third-order valence-corrected chi connectivity index (χ3v) is 3.94. The van der Waals surface area contributed by atoms with Gasteiger partial charge in [-0.3, -0.25) is 4.79 Å². The smallest absolute Gasteiger partial charge is 0.246 e. The van der Waals surface area contributed by atoms with Crippen LogP contribution in [0.2, 0.25) is 10.0 Å². The summed E-state index contributed by atoms with van der Waals surface area (Å²) < 4.78 is 5.73. The van der Waals surface area contributed by atoms with Crippen LogP contribution in [0, 0.1) is 0 Å². The number of halogens is 2. The number of amides is 1. The second kappa shape index (κ2) is 6.06. The summed E-state index contributed by atoms with van der Waals surface area (Å²) in [6.07, 6.45) is -0.249. The second-order valence-corrected chi connectivity index (χ2v) is 5.75. The Bertz CT molecular complexity index is 640. The predicted molar refractivity (Wildman–Crippen MR) is 82.5 cm³/mol. The maximum absolute atomic E-state index is 11.7. The molecule has 1 amide bonds. The normalized spacial score (nSPS) is 21.9. The van der Waals surface area contributed by atoms with Crippen molar-refractivity contribution in [2.75, 3.05) is 6.61 Å². The van der Waals surface area contributed by atoms with Crippen molar-refractivity contribution >= 4 is 29.1 Å². The summed E-state index contributed by atoms with van der Waals surface area (Å²) in [5.74, 6) is -0.125. The molecule has 108 valence electrons. The van der Waals surface area contributed by atoms with E-state index in [1.807, 2.05) is 36.4 Å². The average Bonchev–Trinajstić information content (AvgIpc) is 2.49. The molecule has 1 aliphatic rings. The van der Waals surface area contributed by atoms with Crippen LogP contribution in [0.3, 0.4) is 0 Å². The highest BCUT2D eigenvalue weighted by Crippen LogP contribution is 2.35. The first-order valence-electron chi connectivity index (χ1n) is 6.55. The first-order valence-corrected chi connectivity index (χ1v) is 7.31. The number of hydrogen-bond donors (Lipinski definition) is 1. The monoisotopic (exact) mass is 321 g/mol. The van der Waals surface area contributed by atoms with Crippen molar-refractivity contribution in [1.29, 1.82) is 0 Å². The van der Waals surface area contributed by atoms with Crippen LogP contribution in [0.15, 0.2) is 48.5 Å². The van der Waals surface area contributed by atoms with E-state index in [1.165, 1.54) is 0 Å². The van der Waals surface area contributed by atoms with Gasteiger partial charge in [-0.25, -0.2) is 0 Å². The number of morpholine rings is 1. The summed E-state index contributed by atoms with van der Waals surface area (Å²) in [5, 5.41) is 4.30. The van der Waals surface area contributed by atoms with E-state index in [0.717, 1.165) is 11.1 Å². The van der Waals surface area contributed by atoms with Crippen LogP contribution >= 0.6 is 23.2 Å². The Morgan fingerprint density at radius 3 is 2.00 bits per heavy atom. The summed E-state index contributed by atoms with van der Waals surface area (Å²) >= 11 is 11.8. The zero-order valence-electron chi connectivity index (χ0n) is 11.1. The first-order chi connectivity index (χ1) is 10.1. The van der Waals surface area contributed by atoms with Gasteiger partial charge in [-0.05, 0) is 35.4 Å². The molecule has 2 atom stereocenters. The van der Waals surface area contributed by atoms with Gasteiger partial charge in [0.05, 0.1) is 6.04 Å². The number of carbonyl (C=O) groups is 1. The van der Waals surface area contributed by atoms with Gasteiger partial charge in [0.1, 0.15) is 12.7 Å². The molecule has 1 heterocycles. The summed E-state index contributed by atoms with van der Waals surface area (Å²) in [6, 6.07) is 14.6. The molecule has 1 aliphatic heterocycles. The molecule has 0 radical (unpaired) electrons. The molecule has 3 rings (SSSR count). The van der Waals surface area contributed by atoms with Crippen molar-refractivity contribution in [1.82, 2.24) is 5.32 Å². The third kappa shape index (κ3) is 3.21. The molecule has 1 unspecified atom stereocenters. The van der Waals surface area contributed by atoms with Crippen molar-refractivity contribution in [3.63, 3.8) is 0 Å². The molecule has 2 aromatic rings. The number of nitrogens with one attached hydrogen (secondary N) is 1. The fourth-order valence-corrected chi connectivity index (χ4v) is 2.67. The van der Waals surface area contributed by atoms with Crippen molar-refractivity contribution in [2.24, 2.45) is 0 Å². The van der Waals surface area contributed by atoms with Crippen LogP contribution in [0.5, 0.6) is 0 Å². The SMILES string of the molecule is O=C1CO[C@H](c2ccc(Cl)cc2)C(c2ccc(Cl)cc2)N1. The minimum absolute atomic E-state index is 0.0530. The van der Waals surface area contributed by atoms with E-state index in [1.54, 1.807) is 12.1 Å². The fraction of sp³-hybridized carbons (Fsp3) is 0.188. The molecule has 0 aromatic heterocycles. The largest absolute Gasteiger partial charge is 0.361 e. The lowest BCUT2D eigenvalue weighted by atomic mass is 9.94. The lowest BCUT2D eigenvalue weighted by molar-refractivity contribution is -0.137. The van der Waals surface area contributed by atoms with E-state index in [4.69, 9.17) is 27.9 Å². The van der Waals surface area contributed by atoms with Crippen molar-refractivity contribution < 1.29 is 9.53 Å². The molecule has 3 nitrogen and oxygen atoms in total. The number of carbonyl (C=O) groups excluding carboxylic acids is 1. The molecular formula is C16H13Cl2NO2. The van der Waals surface area contributed by atoms with Gasteiger partial charge in [-0.15, -0.1) is 0 Å². The zero-order chi connectivity index (χ0) is 14.8. The van der Waals surface area contributed by atoms with Crippen LogP contribution in [-0.2, 0) is 9.53 Å². The quantitative estimate of drug-likeness (QED) is 0.910. The van der Waals surface area contributed by atoms with Crippen molar-refractivity contribution in [3.05, 3.63) is 69.7 Å². The molecule has 1 saturated heterocycles. The summed E-state index contributed by atoms with van der Waals surface area (Å²) in [7, 11) is 0. The molecule has 2 aromatic carbocycles. The first kappa shape index (κ1) is 14.4. The number of rotatable bonds is 2. The highest BCUT2D eigenvalue weighted by Gasteiger charge is 2.31. The fourth-order valence-electron chi connectivity index (χ4n) is 2.42. The van der Waals surface area contributed by atoms with Gasteiger partial charge < -0.3 is 10.1 Å². The summed E-state index contributed by atoms with van der Waals surface area (Å²) in [6.45, 7) is 0.0530. The minimum Gasteiger partial charge on any atom is -0.361 e. The van der Waals surface area contributed by atoms with Gasteiger partial charge in [-0.1, -0.05) is 47.5 Å². The van der Waals surface area contributed by atoms with Gasteiger partial charge >= 0.3 is 0 Å². The maximum atomic E-state index is 11.7. The third-order valence-electron chi connectivity index (χ3n) is 3.44. The molecule has 0 aliphatic carbocycles. The van der Waals surface area contributed by atoms with E-state index in [2.05, 4.69) is 5.32 Å². The summed E-state index contributed by atoms with van der Waals surface area (Å²) in [4.78, 5) is 11.7. The van der Waals surface area contributed by atoms with Crippen molar-refractivity contribution in [2.45, 2.75) is 12.1 Å². The van der Waals surface area contributed by atoms with Crippen LogP contribution in [0.1, 0.15) is 23.3 Å². The lowest BCUT2D eigenvalue weighted by Crippen LogP contribution is -2.41. The van der Waals surface area contributed by atoms with Crippen molar-refractivity contribution in [3.8, 4) is 0 Å². The second-order valence-electron chi connectivity index (χ2n) is 4.88. The Morgan fingerprint density at radius 1 is 0.905 bits per heavy atom. The molecule has 1 N–H and O–H groups in total. The predicted octanol–water partition coefficient (Wildman–Crippen LogP) is 3.92. The standard InChI is InChI=1S/C16H13Cl2NO2/c17-12-5-1-10(2-6-12)15-16(21-9-14(20)19-15)11-3-7-13(18)8-4-11/h1-8,15-16H,9H2,(H,19,20)/t15?,16-/m1/s1. The average molecular weight is 322 g/mol.